The molecule has 0 atom stereocenters. The van der Waals surface area contributed by atoms with Crippen molar-refractivity contribution in [3.8, 4) is 0 Å². The molecule has 1 aromatic heterocycles. The first-order valence-electron chi connectivity index (χ1n) is 7.80. The van der Waals surface area contributed by atoms with Gasteiger partial charge in [0, 0.05) is 11.9 Å². The lowest BCUT2D eigenvalue weighted by atomic mass is 10.2. The lowest BCUT2D eigenvalue weighted by Crippen LogP contribution is -2.15. The molecule has 3 aromatic rings. The molecule has 4 nitrogen and oxygen atoms in total. The molecule has 0 fully saturated rings. The zero-order chi connectivity index (χ0) is 19.4. The summed E-state index contributed by atoms with van der Waals surface area (Å²) in [6.07, 6.45) is -3.03. The number of rotatable bonds is 4. The van der Waals surface area contributed by atoms with E-state index in [1.807, 2.05) is 0 Å². The number of hydrogen-bond donors (Lipinski definition) is 2. The van der Waals surface area contributed by atoms with Crippen LogP contribution in [0, 0.1) is 5.82 Å². The highest BCUT2D eigenvalue weighted by atomic mass is 19.4. The minimum atomic E-state index is -4.46. The molecule has 2 N–H and O–H groups in total. The molecular formula is C19H13F4N3O. The number of nitrogens with zero attached hydrogens (tertiary/aromatic N) is 1. The zero-order valence-electron chi connectivity index (χ0n) is 13.7. The van der Waals surface area contributed by atoms with Crippen LogP contribution < -0.4 is 10.6 Å². The van der Waals surface area contributed by atoms with Crippen LogP contribution in [0.1, 0.15) is 15.9 Å². The van der Waals surface area contributed by atoms with Crippen molar-refractivity contribution in [3.63, 3.8) is 0 Å². The average Bonchev–Trinajstić information content (AvgIpc) is 2.64. The van der Waals surface area contributed by atoms with E-state index in [9.17, 15) is 22.4 Å². The second-order valence-corrected chi connectivity index (χ2v) is 5.53. The van der Waals surface area contributed by atoms with Gasteiger partial charge in [0.25, 0.3) is 5.91 Å². The quantitative estimate of drug-likeness (QED) is 0.614. The van der Waals surface area contributed by atoms with Gasteiger partial charge in [-0.25, -0.2) is 9.37 Å². The van der Waals surface area contributed by atoms with Crippen LogP contribution in [-0.2, 0) is 6.18 Å². The first-order chi connectivity index (χ1) is 12.8. The maximum Gasteiger partial charge on any atom is 0.416 e. The molecule has 1 heterocycles. The van der Waals surface area contributed by atoms with Crippen molar-refractivity contribution in [1.82, 2.24) is 4.98 Å². The number of nitrogens with one attached hydrogen (secondary N) is 2. The van der Waals surface area contributed by atoms with E-state index in [4.69, 9.17) is 0 Å². The van der Waals surface area contributed by atoms with Gasteiger partial charge in [0.2, 0.25) is 0 Å². The Kier molecular flexibility index (Phi) is 5.07. The van der Waals surface area contributed by atoms with E-state index in [-0.39, 0.29) is 22.8 Å². The molecule has 8 heteroatoms. The van der Waals surface area contributed by atoms with E-state index in [0.29, 0.717) is 0 Å². The smallest absolute Gasteiger partial charge is 0.337 e. The van der Waals surface area contributed by atoms with Crippen molar-refractivity contribution in [2.45, 2.75) is 6.18 Å². The fourth-order valence-electron chi connectivity index (χ4n) is 2.32. The van der Waals surface area contributed by atoms with Gasteiger partial charge in [0.05, 0.1) is 16.8 Å². The van der Waals surface area contributed by atoms with Crippen molar-refractivity contribution < 1.29 is 22.4 Å². The summed E-state index contributed by atoms with van der Waals surface area (Å²) in [6.45, 7) is 0. The van der Waals surface area contributed by atoms with Crippen molar-refractivity contribution in [1.29, 1.82) is 0 Å². The zero-order valence-corrected chi connectivity index (χ0v) is 13.7. The van der Waals surface area contributed by atoms with E-state index >= 15 is 0 Å². The molecule has 0 radical (unpaired) electrons. The molecule has 1 amide bonds. The predicted octanol–water partition coefficient (Wildman–Crippen LogP) is 5.24. The number of para-hydroxylation sites is 1. The number of anilines is 3. The Balaban J connectivity index is 1.80. The van der Waals surface area contributed by atoms with Gasteiger partial charge in [-0.2, -0.15) is 13.2 Å². The van der Waals surface area contributed by atoms with Crippen LogP contribution in [0.4, 0.5) is 34.8 Å². The Bertz CT molecular complexity index is 956. The maximum atomic E-state index is 13.8. The molecule has 0 spiro atoms. The first-order valence-corrected chi connectivity index (χ1v) is 7.80. The number of carbonyl (C=O) groups excluding carboxylic acids is 1. The molecular weight excluding hydrogens is 362 g/mol. The Labute approximate surface area is 151 Å². The highest BCUT2D eigenvalue weighted by Crippen LogP contribution is 2.30. The Morgan fingerprint density at radius 1 is 0.926 bits per heavy atom. The number of aromatic nitrogens is 1. The van der Waals surface area contributed by atoms with Gasteiger partial charge in [0.15, 0.2) is 0 Å². The van der Waals surface area contributed by atoms with Crippen molar-refractivity contribution in [3.05, 3.63) is 83.8 Å². The van der Waals surface area contributed by atoms with Crippen molar-refractivity contribution >= 4 is 23.1 Å². The van der Waals surface area contributed by atoms with Gasteiger partial charge < -0.3 is 10.6 Å². The minimum Gasteiger partial charge on any atom is -0.337 e. The summed E-state index contributed by atoms with van der Waals surface area (Å²) < 4.78 is 51.6. The second kappa shape index (κ2) is 7.45. The van der Waals surface area contributed by atoms with Gasteiger partial charge in [-0.3, -0.25) is 4.79 Å². The molecule has 0 aliphatic rings. The normalized spacial score (nSPS) is 11.1. The van der Waals surface area contributed by atoms with Crippen molar-refractivity contribution in [2.75, 3.05) is 10.6 Å². The van der Waals surface area contributed by atoms with Crippen LogP contribution in [0.2, 0.25) is 0 Å². The molecule has 138 valence electrons. The highest BCUT2D eigenvalue weighted by molar-refractivity contribution is 6.07. The molecule has 0 saturated carbocycles. The monoisotopic (exact) mass is 375 g/mol. The lowest BCUT2D eigenvalue weighted by Gasteiger charge is -2.12. The standard InChI is InChI=1S/C19H13F4N3O/c20-15-5-1-2-6-16(15)26-17-14(4-3-11-24-17)18(27)25-13-9-7-12(8-10-13)19(21,22)23/h1-11H,(H,24,26)(H,25,27). The largest absolute Gasteiger partial charge is 0.416 e. The first kappa shape index (κ1) is 18.4. The average molecular weight is 375 g/mol. The van der Waals surface area contributed by atoms with E-state index in [1.54, 1.807) is 6.07 Å². The summed E-state index contributed by atoms with van der Waals surface area (Å²) in [4.78, 5) is 16.5. The Hall–Kier alpha value is -3.42. The van der Waals surface area contributed by atoms with E-state index in [2.05, 4.69) is 15.6 Å². The van der Waals surface area contributed by atoms with Crippen LogP contribution in [0.3, 0.4) is 0 Å². The third-order valence-corrected chi connectivity index (χ3v) is 3.65. The number of halogens is 4. The van der Waals surface area contributed by atoms with E-state index in [0.717, 1.165) is 24.3 Å². The number of carbonyl (C=O) groups is 1. The van der Waals surface area contributed by atoms with Crippen LogP contribution in [-0.4, -0.2) is 10.9 Å². The van der Waals surface area contributed by atoms with Gasteiger partial charge >= 0.3 is 6.18 Å². The lowest BCUT2D eigenvalue weighted by molar-refractivity contribution is -0.137. The summed E-state index contributed by atoms with van der Waals surface area (Å²) in [5, 5.41) is 5.24. The van der Waals surface area contributed by atoms with Gasteiger partial charge in [0.1, 0.15) is 11.6 Å². The van der Waals surface area contributed by atoms with Crippen LogP contribution >= 0.6 is 0 Å². The number of alkyl halides is 3. The van der Waals surface area contributed by atoms with Crippen LogP contribution in [0.15, 0.2) is 66.9 Å². The molecule has 3 rings (SSSR count). The molecule has 0 unspecified atom stereocenters. The fourth-order valence-corrected chi connectivity index (χ4v) is 2.32. The topological polar surface area (TPSA) is 54.0 Å². The Morgan fingerprint density at radius 2 is 1.63 bits per heavy atom. The summed E-state index contributed by atoms with van der Waals surface area (Å²) in [5.41, 5.74) is -0.377. The van der Waals surface area contributed by atoms with E-state index in [1.165, 1.54) is 36.5 Å². The number of pyridine rings is 1. The fraction of sp³-hybridized carbons (Fsp3) is 0.0526. The van der Waals surface area contributed by atoms with Gasteiger partial charge in [-0.05, 0) is 48.5 Å². The number of benzene rings is 2. The number of amides is 1. The SMILES string of the molecule is O=C(Nc1ccc(C(F)(F)F)cc1)c1cccnc1Nc1ccccc1F. The second-order valence-electron chi connectivity index (χ2n) is 5.53. The molecule has 0 bridgehead atoms. The maximum absolute atomic E-state index is 13.8. The molecule has 27 heavy (non-hydrogen) atoms. The molecule has 0 saturated heterocycles. The van der Waals surface area contributed by atoms with Crippen LogP contribution in [0.5, 0.6) is 0 Å². The van der Waals surface area contributed by atoms with Crippen molar-refractivity contribution in [2.24, 2.45) is 0 Å². The minimum absolute atomic E-state index is 0.112. The predicted molar refractivity (Wildman–Crippen MR) is 93.3 cm³/mol. The summed E-state index contributed by atoms with van der Waals surface area (Å²) in [7, 11) is 0. The Morgan fingerprint density at radius 3 is 2.30 bits per heavy atom. The third kappa shape index (κ3) is 4.41. The third-order valence-electron chi connectivity index (χ3n) is 3.65. The molecule has 0 aliphatic heterocycles. The molecule has 0 aliphatic carbocycles. The highest BCUT2D eigenvalue weighted by Gasteiger charge is 2.30. The van der Waals surface area contributed by atoms with Gasteiger partial charge in [-0.1, -0.05) is 12.1 Å². The van der Waals surface area contributed by atoms with E-state index < -0.39 is 23.5 Å². The number of hydrogen-bond acceptors (Lipinski definition) is 3. The summed E-state index contributed by atoms with van der Waals surface area (Å²) in [6, 6.07) is 12.9. The summed E-state index contributed by atoms with van der Waals surface area (Å²) in [5.74, 6) is -0.994. The van der Waals surface area contributed by atoms with Crippen LogP contribution in [0.25, 0.3) is 0 Å². The summed E-state index contributed by atoms with van der Waals surface area (Å²) >= 11 is 0. The molecule has 2 aromatic carbocycles. The van der Waals surface area contributed by atoms with Gasteiger partial charge in [-0.15, -0.1) is 0 Å².